The molecule has 0 bridgehead atoms. The molecule has 0 aliphatic rings. The Morgan fingerprint density at radius 1 is 0.269 bits per heavy atom. The normalized spacial score (nSPS) is 13.3. The summed E-state index contributed by atoms with van der Waals surface area (Å²) in [6, 6.07) is 0. The number of carbonyl (C=O) groups excluding carboxylic acids is 3. The van der Waals surface area contributed by atoms with Crippen LogP contribution in [0.5, 0.6) is 0 Å². The first kappa shape index (κ1) is 72.8. The molecule has 6 heteroatoms. The van der Waals surface area contributed by atoms with Gasteiger partial charge in [0.25, 0.3) is 0 Å². The van der Waals surface area contributed by atoms with Crippen LogP contribution in [-0.4, -0.2) is 37.2 Å². The molecule has 0 aliphatic heterocycles. The molecule has 0 aromatic rings. The van der Waals surface area contributed by atoms with Crippen molar-refractivity contribution in [3.8, 4) is 0 Å². The molecular formula is C72H112O6. The van der Waals surface area contributed by atoms with Crippen molar-refractivity contribution < 1.29 is 28.6 Å². The molecule has 1 atom stereocenters. The third-order valence-electron chi connectivity index (χ3n) is 12.4. The van der Waals surface area contributed by atoms with Crippen LogP contribution in [0, 0.1) is 0 Å². The van der Waals surface area contributed by atoms with Gasteiger partial charge in [-0.15, -0.1) is 0 Å². The molecule has 0 N–H and O–H groups in total. The molecule has 0 aliphatic carbocycles. The van der Waals surface area contributed by atoms with Gasteiger partial charge in [-0.05, 0) is 148 Å². The number of ether oxygens (including phenoxy) is 3. The topological polar surface area (TPSA) is 78.9 Å². The molecule has 0 rings (SSSR count). The van der Waals surface area contributed by atoms with Crippen LogP contribution in [0.2, 0.25) is 0 Å². The highest BCUT2D eigenvalue weighted by molar-refractivity contribution is 5.71. The zero-order valence-electron chi connectivity index (χ0n) is 49.9. The molecular weight excluding hydrogens is 961 g/mol. The first-order chi connectivity index (χ1) is 38.5. The Bertz CT molecular complexity index is 1810. The summed E-state index contributed by atoms with van der Waals surface area (Å²) in [5.74, 6) is -1.05. The fraction of sp³-hybridized carbons (Fsp3) is 0.569. The van der Waals surface area contributed by atoms with Gasteiger partial charge in [0.1, 0.15) is 13.2 Å². The number of unbranched alkanes of at least 4 members (excludes halogenated alkanes) is 15. The van der Waals surface area contributed by atoms with Crippen molar-refractivity contribution in [2.24, 2.45) is 0 Å². The quantitative estimate of drug-likeness (QED) is 0.0261. The van der Waals surface area contributed by atoms with Crippen molar-refractivity contribution in [2.45, 2.75) is 252 Å². The largest absolute Gasteiger partial charge is 0.462 e. The number of hydrogen-bond acceptors (Lipinski definition) is 6. The van der Waals surface area contributed by atoms with E-state index in [0.717, 1.165) is 135 Å². The second-order valence-corrected chi connectivity index (χ2v) is 19.8. The molecule has 0 heterocycles. The maximum Gasteiger partial charge on any atom is 0.306 e. The molecule has 0 spiro atoms. The smallest absolute Gasteiger partial charge is 0.306 e. The van der Waals surface area contributed by atoms with E-state index in [2.05, 4.69) is 191 Å². The van der Waals surface area contributed by atoms with Gasteiger partial charge in [0.2, 0.25) is 0 Å². The highest BCUT2D eigenvalue weighted by Gasteiger charge is 2.19. The average molecular weight is 1070 g/mol. The van der Waals surface area contributed by atoms with Gasteiger partial charge in [-0.3, -0.25) is 14.4 Å². The summed E-state index contributed by atoms with van der Waals surface area (Å²) in [6.45, 7) is 6.31. The van der Waals surface area contributed by atoms with E-state index in [4.69, 9.17) is 14.2 Å². The first-order valence-corrected chi connectivity index (χ1v) is 31.1. The van der Waals surface area contributed by atoms with Crippen molar-refractivity contribution in [1.29, 1.82) is 0 Å². The van der Waals surface area contributed by atoms with Crippen LogP contribution in [0.25, 0.3) is 0 Å². The minimum absolute atomic E-state index is 0.126. The van der Waals surface area contributed by atoms with Crippen LogP contribution >= 0.6 is 0 Å². The fourth-order valence-corrected chi connectivity index (χ4v) is 7.84. The van der Waals surface area contributed by atoms with Gasteiger partial charge < -0.3 is 14.2 Å². The molecule has 1 unspecified atom stereocenters. The fourth-order valence-electron chi connectivity index (χ4n) is 7.84. The van der Waals surface area contributed by atoms with Gasteiger partial charge in [-0.25, -0.2) is 0 Å². The van der Waals surface area contributed by atoms with Gasteiger partial charge >= 0.3 is 17.9 Å². The molecule has 0 fully saturated rings. The van der Waals surface area contributed by atoms with Gasteiger partial charge in [0.05, 0.1) is 0 Å². The molecule has 0 aromatic carbocycles. The zero-order valence-corrected chi connectivity index (χ0v) is 49.9. The molecule has 0 saturated carbocycles. The van der Waals surface area contributed by atoms with Crippen molar-refractivity contribution in [3.63, 3.8) is 0 Å². The molecule has 6 nitrogen and oxygen atoms in total. The number of hydrogen-bond donors (Lipinski definition) is 0. The molecule has 436 valence electrons. The Balaban J connectivity index is 4.61. The van der Waals surface area contributed by atoms with E-state index in [0.29, 0.717) is 19.3 Å². The van der Waals surface area contributed by atoms with E-state index < -0.39 is 6.10 Å². The monoisotopic (exact) mass is 1070 g/mol. The van der Waals surface area contributed by atoms with E-state index in [1.54, 1.807) is 0 Å². The summed E-state index contributed by atoms with van der Waals surface area (Å²) in [7, 11) is 0. The number of allylic oxidation sites excluding steroid dienone is 28. The molecule has 0 saturated heterocycles. The minimum Gasteiger partial charge on any atom is -0.462 e. The Hall–Kier alpha value is -5.23. The Morgan fingerprint density at radius 2 is 0.513 bits per heavy atom. The highest BCUT2D eigenvalue weighted by atomic mass is 16.6. The van der Waals surface area contributed by atoms with Gasteiger partial charge in [-0.2, -0.15) is 0 Å². The van der Waals surface area contributed by atoms with Gasteiger partial charge in [-0.1, -0.05) is 249 Å². The third kappa shape index (κ3) is 61.6. The summed E-state index contributed by atoms with van der Waals surface area (Å²) in [4.78, 5) is 38.3. The van der Waals surface area contributed by atoms with Crippen LogP contribution in [0.15, 0.2) is 170 Å². The summed E-state index contributed by atoms with van der Waals surface area (Å²) in [6.07, 6.45) is 95.0. The number of carbonyl (C=O) groups is 3. The summed E-state index contributed by atoms with van der Waals surface area (Å²) in [5, 5.41) is 0. The summed E-state index contributed by atoms with van der Waals surface area (Å²) >= 11 is 0. The van der Waals surface area contributed by atoms with Crippen molar-refractivity contribution in [1.82, 2.24) is 0 Å². The van der Waals surface area contributed by atoms with E-state index in [1.807, 2.05) is 0 Å². The van der Waals surface area contributed by atoms with Crippen LogP contribution in [0.1, 0.15) is 245 Å². The predicted octanol–water partition coefficient (Wildman–Crippen LogP) is 21.5. The zero-order chi connectivity index (χ0) is 56.4. The Morgan fingerprint density at radius 3 is 0.872 bits per heavy atom. The lowest BCUT2D eigenvalue weighted by Crippen LogP contribution is -2.30. The Labute approximate surface area is 479 Å². The second-order valence-electron chi connectivity index (χ2n) is 19.8. The molecule has 0 radical (unpaired) electrons. The van der Waals surface area contributed by atoms with E-state index in [9.17, 15) is 14.4 Å². The first-order valence-electron chi connectivity index (χ1n) is 31.1. The third-order valence-corrected chi connectivity index (χ3v) is 12.4. The highest BCUT2D eigenvalue weighted by Crippen LogP contribution is 2.13. The van der Waals surface area contributed by atoms with Crippen LogP contribution in [0.4, 0.5) is 0 Å². The lowest BCUT2D eigenvalue weighted by molar-refractivity contribution is -0.167. The van der Waals surface area contributed by atoms with E-state index in [-0.39, 0.29) is 44.0 Å². The van der Waals surface area contributed by atoms with Crippen LogP contribution in [0.3, 0.4) is 0 Å². The standard InChI is InChI=1S/C72H112O6/c1-4-7-10-13-16-19-22-25-28-31-33-35-36-38-39-41-44-47-50-53-56-59-62-65-71(74)77-68-69(67-76-70(73)64-61-58-55-52-49-46-43-30-27-24-21-18-15-12-9-6-3)78-72(75)66-63-60-57-54-51-48-45-42-40-37-34-32-29-26-23-20-17-14-11-8-5-2/h7-8,10-11,16-17,19-20,25-26,28-30,33-35,37-39,42-45,47,51,53-54,56,69H,4-6,9,12-15,18,21-24,27,31-32,36,40-41,46,48-50,52,55,57-68H2,1-3H3/b10-7-,11-8-,19-16-,20-17-,28-25-,29-26-,35-33-,37-34-,39-38-,43-30-,45-42-,47-44-,54-51-,56-53-. The van der Waals surface area contributed by atoms with E-state index >= 15 is 0 Å². The summed E-state index contributed by atoms with van der Waals surface area (Å²) in [5.41, 5.74) is 0. The minimum atomic E-state index is -0.839. The SMILES string of the molecule is CC/C=C\C/C=C\C/C=C\C/C=C\C/C=C\C/C=C\C/C=C\CCCC(=O)OCC(COC(=O)CCCCCCC/C=C\CCCCCCCCC)OC(=O)CCCC/C=C\C/C=C\C/C=C\C/C=C\C/C=C\C/C=C\CC. The van der Waals surface area contributed by atoms with Crippen LogP contribution < -0.4 is 0 Å². The molecule has 0 amide bonds. The van der Waals surface area contributed by atoms with E-state index in [1.165, 1.54) is 57.8 Å². The lowest BCUT2D eigenvalue weighted by atomic mass is 10.1. The van der Waals surface area contributed by atoms with Crippen LogP contribution in [-0.2, 0) is 28.6 Å². The number of esters is 3. The van der Waals surface area contributed by atoms with Crippen molar-refractivity contribution >= 4 is 17.9 Å². The maximum atomic E-state index is 12.9. The molecule has 0 aromatic heterocycles. The van der Waals surface area contributed by atoms with Crippen molar-refractivity contribution in [3.05, 3.63) is 170 Å². The maximum absolute atomic E-state index is 12.9. The lowest BCUT2D eigenvalue weighted by Gasteiger charge is -2.18. The second kappa shape index (κ2) is 64.3. The molecule has 78 heavy (non-hydrogen) atoms. The predicted molar refractivity (Wildman–Crippen MR) is 338 cm³/mol. The number of rotatable bonds is 54. The average Bonchev–Trinajstić information content (AvgIpc) is 3.44. The van der Waals surface area contributed by atoms with Gasteiger partial charge in [0.15, 0.2) is 6.10 Å². The van der Waals surface area contributed by atoms with Crippen molar-refractivity contribution in [2.75, 3.05) is 13.2 Å². The Kier molecular flexibility index (Phi) is 60.0. The summed E-state index contributed by atoms with van der Waals surface area (Å²) < 4.78 is 16.8. The van der Waals surface area contributed by atoms with Gasteiger partial charge in [0, 0.05) is 19.3 Å².